The maximum Gasteiger partial charge on any atom is 0.240 e. The van der Waals surface area contributed by atoms with Crippen LogP contribution in [0.5, 0.6) is 0 Å². The maximum atomic E-state index is 6.13. The first kappa shape index (κ1) is 15.3. The van der Waals surface area contributed by atoms with Crippen molar-refractivity contribution in [3.63, 3.8) is 0 Å². The van der Waals surface area contributed by atoms with E-state index in [1.165, 1.54) is 12.2 Å². The van der Waals surface area contributed by atoms with Crippen molar-refractivity contribution in [3.8, 4) is 0 Å². The van der Waals surface area contributed by atoms with Crippen molar-refractivity contribution in [2.75, 3.05) is 38.3 Å². The molecule has 2 aliphatic rings. The molecule has 0 N–H and O–H groups in total. The van der Waals surface area contributed by atoms with Gasteiger partial charge in [0, 0.05) is 26.0 Å². The van der Waals surface area contributed by atoms with Gasteiger partial charge >= 0.3 is 0 Å². The van der Waals surface area contributed by atoms with E-state index in [1.807, 2.05) is 18.7 Å². The summed E-state index contributed by atoms with van der Waals surface area (Å²) in [4.78, 5) is 6.75. The highest BCUT2D eigenvalue weighted by Gasteiger charge is 2.37. The Balaban J connectivity index is 1.56. The van der Waals surface area contributed by atoms with Crippen molar-refractivity contribution in [1.29, 1.82) is 0 Å². The fraction of sp³-hybridized carbons (Fsp3) is 0.857. The van der Waals surface area contributed by atoms with Crippen LogP contribution >= 0.6 is 11.8 Å². The monoisotopic (exact) mass is 313 g/mol. The zero-order valence-corrected chi connectivity index (χ0v) is 13.5. The van der Waals surface area contributed by atoms with Gasteiger partial charge < -0.3 is 14.0 Å². The molecule has 1 aromatic heterocycles. The first-order chi connectivity index (χ1) is 10.2. The van der Waals surface area contributed by atoms with E-state index in [9.17, 15) is 0 Å². The number of rotatable bonds is 4. The smallest absolute Gasteiger partial charge is 0.240 e. The summed E-state index contributed by atoms with van der Waals surface area (Å²) in [7, 11) is 1.64. The van der Waals surface area contributed by atoms with Gasteiger partial charge in [-0.25, -0.2) is 0 Å². The number of hydrogen-bond donors (Lipinski definition) is 0. The van der Waals surface area contributed by atoms with Crippen LogP contribution in [-0.2, 0) is 16.0 Å². The molecular weight excluding hydrogens is 290 g/mol. The van der Waals surface area contributed by atoms with E-state index < -0.39 is 0 Å². The topological polar surface area (TPSA) is 60.6 Å². The second kappa shape index (κ2) is 6.64. The van der Waals surface area contributed by atoms with Crippen LogP contribution in [0.25, 0.3) is 0 Å². The third-order valence-corrected chi connectivity index (χ3v) is 5.55. The van der Waals surface area contributed by atoms with Crippen molar-refractivity contribution >= 4 is 11.8 Å². The molecule has 0 bridgehead atoms. The van der Waals surface area contributed by atoms with Gasteiger partial charge in [-0.2, -0.15) is 16.7 Å². The SMILES string of the molecule is COC(C)c1noc(CN2CCOC3(CCSC3)CC2)n1. The highest BCUT2D eigenvalue weighted by Crippen LogP contribution is 2.35. The molecule has 118 valence electrons. The molecule has 7 heteroatoms. The molecule has 2 aliphatic heterocycles. The lowest BCUT2D eigenvalue weighted by atomic mass is 9.99. The first-order valence-corrected chi connectivity index (χ1v) is 8.66. The molecule has 2 unspecified atom stereocenters. The Morgan fingerprint density at radius 2 is 2.33 bits per heavy atom. The molecule has 1 spiro atoms. The van der Waals surface area contributed by atoms with Crippen LogP contribution in [0.15, 0.2) is 4.52 Å². The number of aromatic nitrogens is 2. The normalized spacial score (nSPS) is 28.9. The average molecular weight is 313 g/mol. The third kappa shape index (κ3) is 3.59. The standard InChI is InChI=1S/C14H23N3O3S/c1-11(18-2)13-15-12(20-16-13)9-17-5-3-14(19-7-6-17)4-8-21-10-14/h11H,3-10H2,1-2H3. The van der Waals surface area contributed by atoms with Crippen LogP contribution < -0.4 is 0 Å². The van der Waals surface area contributed by atoms with Crippen molar-refractivity contribution in [2.24, 2.45) is 0 Å². The Labute approximate surface area is 129 Å². The fourth-order valence-electron chi connectivity index (χ4n) is 2.79. The summed E-state index contributed by atoms with van der Waals surface area (Å²) in [6.45, 7) is 5.34. The molecule has 0 amide bonds. The molecule has 0 saturated carbocycles. The maximum absolute atomic E-state index is 6.13. The summed E-state index contributed by atoms with van der Waals surface area (Å²) in [5.74, 6) is 3.63. The molecule has 1 aromatic rings. The number of methoxy groups -OCH3 is 1. The second-order valence-electron chi connectivity index (χ2n) is 5.78. The minimum absolute atomic E-state index is 0.115. The summed E-state index contributed by atoms with van der Waals surface area (Å²) >= 11 is 2.00. The van der Waals surface area contributed by atoms with Crippen molar-refractivity contribution in [2.45, 2.75) is 38.0 Å². The summed E-state index contributed by atoms with van der Waals surface area (Å²) in [5, 5.41) is 3.97. The molecule has 2 saturated heterocycles. The van der Waals surface area contributed by atoms with Crippen LogP contribution in [0.2, 0.25) is 0 Å². The molecule has 6 nitrogen and oxygen atoms in total. The Morgan fingerprint density at radius 1 is 1.43 bits per heavy atom. The molecule has 3 heterocycles. The lowest BCUT2D eigenvalue weighted by Crippen LogP contribution is -2.33. The quantitative estimate of drug-likeness (QED) is 0.841. The average Bonchev–Trinajstić information content (AvgIpc) is 3.09. The van der Waals surface area contributed by atoms with E-state index in [0.717, 1.165) is 31.9 Å². The minimum atomic E-state index is -0.131. The predicted octanol–water partition coefficient (Wildman–Crippen LogP) is 1.88. The Kier molecular flexibility index (Phi) is 4.83. The summed E-state index contributed by atoms with van der Waals surface area (Å²) < 4.78 is 16.7. The Hall–Kier alpha value is -0.630. The number of ether oxygens (including phenoxy) is 2. The lowest BCUT2D eigenvalue weighted by Gasteiger charge is -2.26. The van der Waals surface area contributed by atoms with Gasteiger partial charge in [0.1, 0.15) is 6.10 Å². The fourth-order valence-corrected chi connectivity index (χ4v) is 4.19. The molecule has 2 fully saturated rings. The largest absolute Gasteiger partial charge is 0.374 e. The van der Waals surface area contributed by atoms with Crippen molar-refractivity contribution in [3.05, 3.63) is 11.7 Å². The van der Waals surface area contributed by atoms with Gasteiger partial charge in [-0.15, -0.1) is 0 Å². The van der Waals surface area contributed by atoms with Gasteiger partial charge in [0.2, 0.25) is 5.89 Å². The van der Waals surface area contributed by atoms with E-state index in [2.05, 4.69) is 15.0 Å². The van der Waals surface area contributed by atoms with Crippen LogP contribution in [0.1, 0.15) is 37.6 Å². The third-order valence-electron chi connectivity index (χ3n) is 4.33. The molecule has 0 aromatic carbocycles. The van der Waals surface area contributed by atoms with E-state index in [4.69, 9.17) is 14.0 Å². The Morgan fingerprint density at radius 3 is 3.10 bits per heavy atom. The minimum Gasteiger partial charge on any atom is -0.374 e. The highest BCUT2D eigenvalue weighted by atomic mass is 32.2. The zero-order valence-electron chi connectivity index (χ0n) is 12.7. The van der Waals surface area contributed by atoms with Gasteiger partial charge in [-0.1, -0.05) is 5.16 Å². The number of hydrogen-bond acceptors (Lipinski definition) is 7. The van der Waals surface area contributed by atoms with Gasteiger partial charge in [-0.3, -0.25) is 4.90 Å². The molecule has 2 atom stereocenters. The van der Waals surface area contributed by atoms with E-state index >= 15 is 0 Å². The Bertz CT molecular complexity index is 462. The first-order valence-electron chi connectivity index (χ1n) is 7.50. The number of nitrogens with zero attached hydrogens (tertiary/aromatic N) is 3. The zero-order chi connectivity index (χ0) is 14.7. The second-order valence-corrected chi connectivity index (χ2v) is 6.89. The molecule has 21 heavy (non-hydrogen) atoms. The van der Waals surface area contributed by atoms with Crippen molar-refractivity contribution < 1.29 is 14.0 Å². The van der Waals surface area contributed by atoms with Crippen LogP contribution in [-0.4, -0.2) is 59.0 Å². The van der Waals surface area contributed by atoms with Crippen molar-refractivity contribution in [1.82, 2.24) is 15.0 Å². The lowest BCUT2D eigenvalue weighted by molar-refractivity contribution is -0.0172. The molecule has 3 rings (SSSR count). The van der Waals surface area contributed by atoms with Gasteiger partial charge in [0.15, 0.2) is 5.82 Å². The predicted molar refractivity (Wildman–Crippen MR) is 80.2 cm³/mol. The van der Waals surface area contributed by atoms with Crippen LogP contribution in [0.4, 0.5) is 0 Å². The highest BCUT2D eigenvalue weighted by molar-refractivity contribution is 7.99. The number of thioether (sulfide) groups is 1. The van der Waals surface area contributed by atoms with Crippen LogP contribution in [0, 0.1) is 0 Å². The van der Waals surface area contributed by atoms with E-state index in [-0.39, 0.29) is 11.7 Å². The van der Waals surface area contributed by atoms with Gasteiger partial charge in [-0.05, 0) is 25.5 Å². The molecular formula is C14H23N3O3S. The van der Waals surface area contributed by atoms with E-state index in [0.29, 0.717) is 18.3 Å². The molecule has 0 aliphatic carbocycles. The summed E-state index contributed by atoms with van der Waals surface area (Å²) in [6, 6.07) is 0. The molecule has 0 radical (unpaired) electrons. The van der Waals surface area contributed by atoms with E-state index in [1.54, 1.807) is 7.11 Å². The summed E-state index contributed by atoms with van der Waals surface area (Å²) in [5.41, 5.74) is 0.115. The van der Waals surface area contributed by atoms with Gasteiger partial charge in [0.05, 0.1) is 18.8 Å². The summed E-state index contributed by atoms with van der Waals surface area (Å²) in [6.07, 6.45) is 2.14. The van der Waals surface area contributed by atoms with Crippen LogP contribution in [0.3, 0.4) is 0 Å². The van der Waals surface area contributed by atoms with Gasteiger partial charge in [0.25, 0.3) is 0 Å².